The van der Waals surface area contributed by atoms with Gasteiger partial charge in [0.05, 0.1) is 0 Å². The Bertz CT molecular complexity index is 340. The van der Waals surface area contributed by atoms with E-state index in [9.17, 15) is 14.4 Å². The lowest BCUT2D eigenvalue weighted by atomic mass is 10.3. The Labute approximate surface area is 105 Å². The van der Waals surface area contributed by atoms with Crippen molar-refractivity contribution >= 4 is 17.8 Å². The number of nitrogens with two attached hydrogens (primary N) is 1. The van der Waals surface area contributed by atoms with Gasteiger partial charge in [-0.1, -0.05) is 6.58 Å². The fraction of sp³-hybridized carbons (Fsp3) is 0.545. The van der Waals surface area contributed by atoms with Gasteiger partial charge in [-0.15, -0.1) is 0 Å². The van der Waals surface area contributed by atoms with Crippen LogP contribution < -0.4 is 11.1 Å². The highest BCUT2D eigenvalue weighted by molar-refractivity contribution is 5.87. The van der Waals surface area contributed by atoms with Crippen LogP contribution in [0.5, 0.6) is 0 Å². The molecule has 7 nitrogen and oxygen atoms in total. The van der Waals surface area contributed by atoms with Crippen LogP contribution in [-0.2, 0) is 23.9 Å². The first-order valence-electron chi connectivity index (χ1n) is 5.35. The van der Waals surface area contributed by atoms with Gasteiger partial charge in [-0.05, 0) is 6.92 Å². The van der Waals surface area contributed by atoms with Crippen molar-refractivity contribution in [2.45, 2.75) is 19.9 Å². The van der Waals surface area contributed by atoms with Gasteiger partial charge in [0.2, 0.25) is 5.91 Å². The lowest BCUT2D eigenvalue weighted by molar-refractivity contribution is -0.152. The van der Waals surface area contributed by atoms with E-state index in [0.717, 1.165) is 0 Å². The third-order valence-electron chi connectivity index (χ3n) is 1.81. The first-order chi connectivity index (χ1) is 8.38. The minimum absolute atomic E-state index is 0.0655. The third kappa shape index (κ3) is 6.64. The molecule has 3 N–H and O–H groups in total. The van der Waals surface area contributed by atoms with Crippen molar-refractivity contribution < 1.29 is 23.9 Å². The summed E-state index contributed by atoms with van der Waals surface area (Å²) in [6, 6.07) is -0.889. The Morgan fingerprint density at radius 3 is 2.22 bits per heavy atom. The van der Waals surface area contributed by atoms with Crippen molar-refractivity contribution in [1.82, 2.24) is 5.32 Å². The Hall–Kier alpha value is -1.89. The molecule has 7 heteroatoms. The van der Waals surface area contributed by atoms with Gasteiger partial charge in [0.15, 0.2) is 0 Å². The van der Waals surface area contributed by atoms with Crippen molar-refractivity contribution in [2.75, 3.05) is 19.8 Å². The van der Waals surface area contributed by atoms with Crippen molar-refractivity contribution in [3.8, 4) is 0 Å². The number of hydrogen-bond donors (Lipinski definition) is 2. The average molecular weight is 258 g/mol. The van der Waals surface area contributed by atoms with Gasteiger partial charge in [-0.3, -0.25) is 4.79 Å². The summed E-state index contributed by atoms with van der Waals surface area (Å²) in [5.74, 6) is -1.60. The molecule has 0 aliphatic heterocycles. The van der Waals surface area contributed by atoms with E-state index in [4.69, 9.17) is 15.2 Å². The van der Waals surface area contributed by atoms with Gasteiger partial charge in [0, 0.05) is 19.0 Å². The monoisotopic (exact) mass is 258 g/mol. The van der Waals surface area contributed by atoms with Crippen LogP contribution in [0.25, 0.3) is 0 Å². The molecule has 102 valence electrons. The van der Waals surface area contributed by atoms with Crippen molar-refractivity contribution in [3.05, 3.63) is 12.2 Å². The molecular formula is C11H18N2O5. The highest BCUT2D eigenvalue weighted by atomic mass is 16.6. The van der Waals surface area contributed by atoms with Gasteiger partial charge >= 0.3 is 11.9 Å². The van der Waals surface area contributed by atoms with Crippen molar-refractivity contribution in [2.24, 2.45) is 5.73 Å². The summed E-state index contributed by atoms with van der Waals surface area (Å²) in [4.78, 5) is 33.2. The summed E-state index contributed by atoms with van der Waals surface area (Å²) in [7, 11) is 0. The Balaban J connectivity index is 3.91. The molecule has 0 bridgehead atoms. The van der Waals surface area contributed by atoms with Crippen LogP contribution in [0.1, 0.15) is 13.8 Å². The van der Waals surface area contributed by atoms with E-state index < -0.39 is 18.0 Å². The molecule has 0 aromatic rings. The molecular weight excluding hydrogens is 240 g/mol. The fourth-order valence-electron chi connectivity index (χ4n) is 0.960. The maximum Gasteiger partial charge on any atom is 0.333 e. The normalized spacial score (nSPS) is 11.3. The molecule has 1 unspecified atom stereocenters. The Morgan fingerprint density at radius 2 is 1.78 bits per heavy atom. The molecule has 1 atom stereocenters. The third-order valence-corrected chi connectivity index (χ3v) is 1.81. The summed E-state index contributed by atoms with van der Waals surface area (Å²) in [5, 5.41) is 2.34. The van der Waals surface area contributed by atoms with E-state index in [-0.39, 0.29) is 31.2 Å². The molecule has 18 heavy (non-hydrogen) atoms. The van der Waals surface area contributed by atoms with Gasteiger partial charge in [-0.25, -0.2) is 9.59 Å². The quantitative estimate of drug-likeness (QED) is 0.348. The van der Waals surface area contributed by atoms with E-state index >= 15 is 0 Å². The number of nitrogens with one attached hydrogen (secondary N) is 1. The topological polar surface area (TPSA) is 108 Å². The second-order valence-corrected chi connectivity index (χ2v) is 3.57. The zero-order chi connectivity index (χ0) is 14.1. The molecule has 0 rings (SSSR count). The zero-order valence-electron chi connectivity index (χ0n) is 10.5. The summed E-state index contributed by atoms with van der Waals surface area (Å²) in [6.45, 7) is 5.93. The van der Waals surface area contributed by atoms with Gasteiger partial charge in [-0.2, -0.15) is 0 Å². The number of carbonyl (C=O) groups is 3. The molecule has 0 aliphatic carbocycles. The summed E-state index contributed by atoms with van der Waals surface area (Å²) in [6.07, 6.45) is 0. The molecule has 1 amide bonds. The largest absolute Gasteiger partial charge is 0.460 e. The molecule has 0 aromatic heterocycles. The van der Waals surface area contributed by atoms with E-state index in [1.165, 1.54) is 13.8 Å². The fourth-order valence-corrected chi connectivity index (χ4v) is 0.960. The minimum Gasteiger partial charge on any atom is -0.460 e. The van der Waals surface area contributed by atoms with Crippen LogP contribution in [0.4, 0.5) is 0 Å². The molecule has 0 spiro atoms. The molecule has 0 fully saturated rings. The SMILES string of the molecule is C=C(C)C(=O)OCCOC(=O)C(CN)NC(C)=O. The minimum atomic E-state index is -0.889. The van der Waals surface area contributed by atoms with Crippen LogP contribution >= 0.6 is 0 Å². The lowest BCUT2D eigenvalue weighted by Gasteiger charge is -2.14. The molecule has 0 saturated carbocycles. The van der Waals surface area contributed by atoms with Crippen molar-refractivity contribution in [3.63, 3.8) is 0 Å². The van der Waals surface area contributed by atoms with Crippen molar-refractivity contribution in [1.29, 1.82) is 0 Å². The van der Waals surface area contributed by atoms with Crippen LogP contribution in [0.3, 0.4) is 0 Å². The first-order valence-corrected chi connectivity index (χ1v) is 5.35. The second kappa shape index (κ2) is 8.24. The highest BCUT2D eigenvalue weighted by Crippen LogP contribution is 1.93. The number of amides is 1. The lowest BCUT2D eigenvalue weighted by Crippen LogP contribution is -2.46. The van der Waals surface area contributed by atoms with Gasteiger partial charge in [0.1, 0.15) is 19.3 Å². The summed E-state index contributed by atoms with van der Waals surface area (Å²) < 4.78 is 9.50. The van der Waals surface area contributed by atoms with E-state index in [2.05, 4.69) is 11.9 Å². The smallest absolute Gasteiger partial charge is 0.333 e. The predicted octanol–water partition coefficient (Wildman–Crippen LogP) is -0.888. The standard InChI is InChI=1S/C11H18N2O5/c1-7(2)10(15)17-4-5-18-11(16)9(6-12)13-8(3)14/h9H,1,4-6,12H2,2-3H3,(H,13,14). The van der Waals surface area contributed by atoms with Gasteiger partial charge in [0.25, 0.3) is 0 Å². The second-order valence-electron chi connectivity index (χ2n) is 3.57. The average Bonchev–Trinajstić information content (AvgIpc) is 2.30. The first kappa shape index (κ1) is 16.1. The number of carbonyl (C=O) groups excluding carboxylic acids is 3. The zero-order valence-corrected chi connectivity index (χ0v) is 10.5. The summed E-state index contributed by atoms with van der Waals surface area (Å²) in [5.41, 5.74) is 5.56. The molecule has 0 aliphatic rings. The number of ether oxygens (including phenoxy) is 2. The maximum atomic E-state index is 11.4. The Morgan fingerprint density at radius 1 is 1.22 bits per heavy atom. The van der Waals surface area contributed by atoms with E-state index in [1.807, 2.05) is 0 Å². The van der Waals surface area contributed by atoms with Crippen LogP contribution in [0, 0.1) is 0 Å². The predicted molar refractivity (Wildman–Crippen MR) is 63.4 cm³/mol. The number of esters is 2. The molecule has 0 heterocycles. The van der Waals surface area contributed by atoms with E-state index in [0.29, 0.717) is 0 Å². The van der Waals surface area contributed by atoms with Gasteiger partial charge < -0.3 is 20.5 Å². The molecule has 0 saturated heterocycles. The highest BCUT2D eigenvalue weighted by Gasteiger charge is 2.19. The van der Waals surface area contributed by atoms with Crippen LogP contribution in [0.15, 0.2) is 12.2 Å². The number of hydrogen-bond acceptors (Lipinski definition) is 6. The number of rotatable bonds is 7. The van der Waals surface area contributed by atoms with Crippen LogP contribution in [0.2, 0.25) is 0 Å². The summed E-state index contributed by atoms with van der Waals surface area (Å²) >= 11 is 0. The molecule has 0 radical (unpaired) electrons. The Kier molecular flexibility index (Phi) is 7.37. The maximum absolute atomic E-state index is 11.4. The van der Waals surface area contributed by atoms with E-state index in [1.54, 1.807) is 0 Å². The molecule has 0 aromatic carbocycles. The van der Waals surface area contributed by atoms with Crippen LogP contribution in [-0.4, -0.2) is 43.6 Å².